The highest BCUT2D eigenvalue weighted by Gasteiger charge is 2.16. The summed E-state index contributed by atoms with van der Waals surface area (Å²) in [6.45, 7) is 5.98. The van der Waals surface area contributed by atoms with Gasteiger partial charge in [0.2, 0.25) is 0 Å². The standard InChI is InChI=1S/C18H20BrN3O/c1-3-21(13(2)14-5-4-6-17(23)9-14)11-16-12-22-8-7-15(19)10-18(22)20-16/h4-10,12-13,23H,3,11H2,1-2H3. The molecule has 4 nitrogen and oxygen atoms in total. The van der Waals surface area contributed by atoms with Crippen LogP contribution in [0.5, 0.6) is 5.75 Å². The fraction of sp³-hybridized carbons (Fsp3) is 0.278. The third-order valence-corrected chi connectivity index (χ3v) is 4.64. The molecule has 1 aromatic carbocycles. The molecule has 2 heterocycles. The smallest absolute Gasteiger partial charge is 0.138 e. The first-order chi connectivity index (χ1) is 11.1. The molecule has 1 atom stereocenters. The van der Waals surface area contributed by atoms with E-state index in [1.165, 1.54) is 0 Å². The fourth-order valence-corrected chi connectivity index (χ4v) is 3.13. The number of imidazole rings is 1. The van der Waals surface area contributed by atoms with Gasteiger partial charge in [0, 0.05) is 29.5 Å². The monoisotopic (exact) mass is 373 g/mol. The molecule has 0 amide bonds. The van der Waals surface area contributed by atoms with Gasteiger partial charge in [-0.3, -0.25) is 4.90 Å². The molecule has 0 saturated heterocycles. The highest BCUT2D eigenvalue weighted by atomic mass is 79.9. The van der Waals surface area contributed by atoms with E-state index in [1.54, 1.807) is 6.07 Å². The molecule has 0 fully saturated rings. The summed E-state index contributed by atoms with van der Waals surface area (Å²) in [5.74, 6) is 0.308. The molecule has 2 aromatic heterocycles. The van der Waals surface area contributed by atoms with E-state index in [2.05, 4.69) is 40.9 Å². The molecule has 0 aliphatic heterocycles. The minimum atomic E-state index is 0.212. The van der Waals surface area contributed by atoms with Gasteiger partial charge >= 0.3 is 0 Å². The summed E-state index contributed by atoms with van der Waals surface area (Å²) in [5, 5.41) is 9.69. The van der Waals surface area contributed by atoms with Crippen molar-refractivity contribution in [3.05, 3.63) is 64.5 Å². The average Bonchev–Trinajstić information content (AvgIpc) is 2.93. The van der Waals surface area contributed by atoms with Gasteiger partial charge < -0.3 is 9.51 Å². The van der Waals surface area contributed by atoms with Crippen LogP contribution in [0.15, 0.2) is 53.3 Å². The summed E-state index contributed by atoms with van der Waals surface area (Å²) in [6.07, 6.45) is 4.07. The Hall–Kier alpha value is -1.85. The highest BCUT2D eigenvalue weighted by molar-refractivity contribution is 9.10. The number of phenols is 1. The summed E-state index contributed by atoms with van der Waals surface area (Å²) < 4.78 is 3.06. The Morgan fingerprint density at radius 1 is 1.30 bits per heavy atom. The molecule has 1 N–H and O–H groups in total. The van der Waals surface area contributed by atoms with Crippen molar-refractivity contribution in [1.82, 2.24) is 14.3 Å². The molecule has 0 bridgehead atoms. The molecule has 120 valence electrons. The second-order valence-electron chi connectivity index (χ2n) is 5.68. The van der Waals surface area contributed by atoms with Crippen LogP contribution in [0.3, 0.4) is 0 Å². The van der Waals surface area contributed by atoms with Gasteiger partial charge in [-0.15, -0.1) is 0 Å². The molecule has 23 heavy (non-hydrogen) atoms. The Kier molecular flexibility index (Phi) is 4.68. The SMILES string of the molecule is CCN(Cc1cn2ccc(Br)cc2n1)C(C)c1cccc(O)c1. The number of aromatic hydroxyl groups is 1. The Morgan fingerprint density at radius 3 is 2.87 bits per heavy atom. The van der Waals surface area contributed by atoms with Crippen LogP contribution in [0.25, 0.3) is 5.65 Å². The zero-order valence-corrected chi connectivity index (χ0v) is 14.9. The number of rotatable bonds is 5. The predicted octanol–water partition coefficient (Wildman–Crippen LogP) is 4.39. The van der Waals surface area contributed by atoms with Crippen molar-refractivity contribution in [3.8, 4) is 5.75 Å². The lowest BCUT2D eigenvalue weighted by molar-refractivity contribution is 0.210. The molecular weight excluding hydrogens is 354 g/mol. The molecule has 0 radical (unpaired) electrons. The summed E-state index contributed by atoms with van der Waals surface area (Å²) in [6, 6.07) is 11.7. The summed E-state index contributed by atoms with van der Waals surface area (Å²) in [5.41, 5.74) is 3.09. The van der Waals surface area contributed by atoms with E-state index in [4.69, 9.17) is 4.98 Å². The Bertz CT molecular complexity index is 815. The third-order valence-electron chi connectivity index (χ3n) is 4.14. The van der Waals surface area contributed by atoms with Gasteiger partial charge in [-0.1, -0.05) is 35.0 Å². The number of hydrogen-bond donors (Lipinski definition) is 1. The number of nitrogens with zero attached hydrogens (tertiary/aromatic N) is 3. The van der Waals surface area contributed by atoms with E-state index >= 15 is 0 Å². The van der Waals surface area contributed by atoms with Crippen LogP contribution in [-0.4, -0.2) is 25.9 Å². The lowest BCUT2D eigenvalue weighted by Crippen LogP contribution is -2.26. The zero-order chi connectivity index (χ0) is 16.4. The molecule has 0 aliphatic rings. The van der Waals surface area contributed by atoms with Crippen LogP contribution >= 0.6 is 15.9 Å². The quantitative estimate of drug-likeness (QED) is 0.720. The maximum atomic E-state index is 9.69. The lowest BCUT2D eigenvalue weighted by atomic mass is 10.1. The second-order valence-corrected chi connectivity index (χ2v) is 6.59. The van der Waals surface area contributed by atoms with Gasteiger partial charge in [0.05, 0.1) is 5.69 Å². The Morgan fingerprint density at radius 2 is 2.13 bits per heavy atom. The molecular formula is C18H20BrN3O. The van der Waals surface area contributed by atoms with Crippen molar-refractivity contribution in [2.75, 3.05) is 6.54 Å². The Balaban J connectivity index is 1.82. The maximum absolute atomic E-state index is 9.69. The minimum absolute atomic E-state index is 0.212. The number of aromatic nitrogens is 2. The van der Waals surface area contributed by atoms with E-state index in [9.17, 15) is 5.11 Å². The van der Waals surface area contributed by atoms with Gasteiger partial charge in [0.15, 0.2) is 0 Å². The van der Waals surface area contributed by atoms with Crippen molar-refractivity contribution >= 4 is 21.6 Å². The third kappa shape index (κ3) is 3.57. The Labute approximate surface area is 144 Å². The van der Waals surface area contributed by atoms with E-state index in [-0.39, 0.29) is 6.04 Å². The molecule has 3 rings (SSSR count). The van der Waals surface area contributed by atoms with Gasteiger partial charge in [-0.2, -0.15) is 0 Å². The molecule has 0 spiro atoms. The molecule has 0 saturated carbocycles. The zero-order valence-electron chi connectivity index (χ0n) is 13.3. The van der Waals surface area contributed by atoms with Crippen molar-refractivity contribution in [1.29, 1.82) is 0 Å². The van der Waals surface area contributed by atoms with Gasteiger partial charge in [-0.25, -0.2) is 4.98 Å². The van der Waals surface area contributed by atoms with Gasteiger partial charge in [-0.05, 0) is 43.3 Å². The second kappa shape index (κ2) is 6.72. The average molecular weight is 374 g/mol. The van der Waals surface area contributed by atoms with E-state index in [0.717, 1.165) is 34.5 Å². The first kappa shape index (κ1) is 16.0. The minimum Gasteiger partial charge on any atom is -0.508 e. The van der Waals surface area contributed by atoms with Gasteiger partial charge in [0.1, 0.15) is 11.4 Å². The van der Waals surface area contributed by atoms with Crippen molar-refractivity contribution in [3.63, 3.8) is 0 Å². The number of phenolic OH excluding ortho intramolecular Hbond substituents is 1. The molecule has 1 unspecified atom stereocenters. The van der Waals surface area contributed by atoms with Crippen molar-refractivity contribution in [2.45, 2.75) is 26.4 Å². The lowest BCUT2D eigenvalue weighted by Gasteiger charge is -2.27. The van der Waals surface area contributed by atoms with Crippen LogP contribution in [0.1, 0.15) is 31.1 Å². The largest absolute Gasteiger partial charge is 0.508 e. The summed E-state index contributed by atoms with van der Waals surface area (Å²) in [4.78, 5) is 7.04. The van der Waals surface area contributed by atoms with E-state index < -0.39 is 0 Å². The number of hydrogen-bond acceptors (Lipinski definition) is 3. The predicted molar refractivity (Wildman–Crippen MR) is 95.5 cm³/mol. The van der Waals surface area contributed by atoms with Crippen LogP contribution in [-0.2, 0) is 6.54 Å². The summed E-state index contributed by atoms with van der Waals surface area (Å²) in [7, 11) is 0. The van der Waals surface area contributed by atoms with E-state index in [0.29, 0.717) is 5.75 Å². The van der Waals surface area contributed by atoms with E-state index in [1.807, 2.05) is 40.9 Å². The number of fused-ring (bicyclic) bond motifs is 1. The highest BCUT2D eigenvalue weighted by Crippen LogP contribution is 2.25. The van der Waals surface area contributed by atoms with Crippen LogP contribution in [0.2, 0.25) is 0 Å². The molecule has 3 aromatic rings. The first-order valence-electron chi connectivity index (χ1n) is 7.73. The normalized spacial score (nSPS) is 12.9. The van der Waals surface area contributed by atoms with Gasteiger partial charge in [0.25, 0.3) is 0 Å². The topological polar surface area (TPSA) is 40.8 Å². The van der Waals surface area contributed by atoms with Crippen molar-refractivity contribution < 1.29 is 5.11 Å². The molecule has 5 heteroatoms. The van der Waals surface area contributed by atoms with Crippen LogP contribution in [0.4, 0.5) is 0 Å². The molecule has 0 aliphatic carbocycles. The summed E-state index contributed by atoms with van der Waals surface area (Å²) >= 11 is 3.48. The number of pyridine rings is 1. The van der Waals surface area contributed by atoms with Crippen LogP contribution in [0, 0.1) is 0 Å². The number of benzene rings is 1. The van der Waals surface area contributed by atoms with Crippen molar-refractivity contribution in [2.24, 2.45) is 0 Å². The number of halogens is 1. The maximum Gasteiger partial charge on any atom is 0.138 e. The van der Waals surface area contributed by atoms with Crippen LogP contribution < -0.4 is 0 Å². The first-order valence-corrected chi connectivity index (χ1v) is 8.52. The fourth-order valence-electron chi connectivity index (χ4n) is 2.81.